The fraction of sp³-hybridized carbons (Fsp3) is 0.515. The molecule has 230 valence electrons. The summed E-state index contributed by atoms with van der Waals surface area (Å²) >= 11 is 0. The van der Waals surface area contributed by atoms with Crippen molar-refractivity contribution < 1.29 is 24.3 Å². The van der Waals surface area contributed by atoms with E-state index in [1.165, 1.54) is 31.4 Å². The molecule has 4 saturated carbocycles. The van der Waals surface area contributed by atoms with Gasteiger partial charge in [-0.15, -0.1) is 0 Å². The SMILES string of the molecule is C[C@@H](NC(=O)[C@@H](N)Cc1ccc(O)cc1)C(=O)N[C@@H](Cc1ccccc1)NC(=O)CC(=O)NC12CC3CC(CC(C3)C1)C2. The van der Waals surface area contributed by atoms with Crippen molar-refractivity contribution in [3.8, 4) is 5.75 Å². The Labute approximate surface area is 252 Å². The number of carbonyl (C=O) groups is 4. The Balaban J connectivity index is 1.14. The first-order valence-corrected chi connectivity index (χ1v) is 15.3. The molecule has 0 heterocycles. The van der Waals surface area contributed by atoms with Gasteiger partial charge >= 0.3 is 0 Å². The molecule has 0 saturated heterocycles. The van der Waals surface area contributed by atoms with E-state index in [4.69, 9.17) is 5.73 Å². The Hall–Kier alpha value is -3.92. The number of hydrogen-bond acceptors (Lipinski definition) is 6. The number of carbonyl (C=O) groups excluding carboxylic acids is 4. The van der Waals surface area contributed by atoms with Gasteiger partial charge < -0.3 is 32.1 Å². The molecule has 4 bridgehead atoms. The number of phenolic OH excluding ortho intramolecular Hbond substituents is 1. The lowest BCUT2D eigenvalue weighted by Gasteiger charge is -2.56. The molecule has 7 N–H and O–H groups in total. The summed E-state index contributed by atoms with van der Waals surface area (Å²) in [5.74, 6) is 0.392. The van der Waals surface area contributed by atoms with Crippen LogP contribution in [0.5, 0.6) is 5.75 Å². The zero-order valence-electron chi connectivity index (χ0n) is 24.7. The van der Waals surface area contributed by atoms with E-state index >= 15 is 0 Å². The lowest BCUT2D eigenvalue weighted by molar-refractivity contribution is -0.133. The van der Waals surface area contributed by atoms with Gasteiger partial charge in [-0.05, 0) is 92.9 Å². The molecule has 0 radical (unpaired) electrons. The van der Waals surface area contributed by atoms with E-state index < -0.39 is 36.0 Å². The standard InChI is InChI=1S/C33H43N5O5/c1-20(35-32(43)27(34)14-22-7-9-26(39)10-8-22)31(42)37-28(15-21-5-3-2-4-6-21)36-29(40)16-30(41)38-33-17-23-11-24(18-33)13-25(12-23)19-33/h2-10,20,23-25,27-28,39H,11-19,34H2,1H3,(H,35,43)(H,36,40)(H,37,42)(H,38,41)/t20-,23?,24?,25?,27+,28+,33?/m1/s1. The normalized spacial score (nSPS) is 25.7. The van der Waals surface area contributed by atoms with Crippen molar-refractivity contribution in [2.24, 2.45) is 23.5 Å². The smallest absolute Gasteiger partial charge is 0.243 e. The first-order chi connectivity index (χ1) is 20.6. The third kappa shape index (κ3) is 8.13. The predicted molar refractivity (Wildman–Crippen MR) is 161 cm³/mol. The molecule has 4 aliphatic rings. The maximum atomic E-state index is 13.1. The molecule has 0 aromatic heterocycles. The topological polar surface area (TPSA) is 163 Å². The van der Waals surface area contributed by atoms with Crippen LogP contribution in [0.25, 0.3) is 0 Å². The summed E-state index contributed by atoms with van der Waals surface area (Å²) < 4.78 is 0. The third-order valence-corrected chi connectivity index (χ3v) is 9.18. The summed E-state index contributed by atoms with van der Waals surface area (Å²) in [6.07, 6.45) is 6.22. The largest absolute Gasteiger partial charge is 0.508 e. The fourth-order valence-corrected chi connectivity index (χ4v) is 7.64. The highest BCUT2D eigenvalue weighted by molar-refractivity contribution is 5.97. The van der Waals surface area contributed by atoms with E-state index in [-0.39, 0.29) is 30.0 Å². The zero-order chi connectivity index (χ0) is 30.6. The van der Waals surface area contributed by atoms with Crippen LogP contribution in [0.2, 0.25) is 0 Å². The molecule has 4 amide bonds. The minimum absolute atomic E-state index is 0.118. The van der Waals surface area contributed by atoms with Gasteiger partial charge in [-0.1, -0.05) is 42.5 Å². The molecule has 0 unspecified atom stereocenters. The maximum absolute atomic E-state index is 13.1. The molecule has 4 fully saturated rings. The van der Waals surface area contributed by atoms with Crippen LogP contribution < -0.4 is 27.0 Å². The molecule has 0 aliphatic heterocycles. The van der Waals surface area contributed by atoms with E-state index in [0.717, 1.165) is 30.4 Å². The van der Waals surface area contributed by atoms with Crippen LogP contribution in [0, 0.1) is 17.8 Å². The van der Waals surface area contributed by atoms with Crippen LogP contribution in [-0.4, -0.2) is 52.5 Å². The number of phenols is 1. The van der Waals surface area contributed by atoms with Gasteiger partial charge in [0, 0.05) is 12.0 Å². The van der Waals surface area contributed by atoms with E-state index in [0.29, 0.717) is 24.2 Å². The van der Waals surface area contributed by atoms with Gasteiger partial charge in [0.15, 0.2) is 0 Å². The first-order valence-electron chi connectivity index (χ1n) is 15.3. The second kappa shape index (κ2) is 13.2. The highest BCUT2D eigenvalue weighted by Crippen LogP contribution is 2.55. The Morgan fingerprint density at radius 3 is 1.98 bits per heavy atom. The van der Waals surface area contributed by atoms with Gasteiger partial charge in [-0.3, -0.25) is 19.2 Å². The van der Waals surface area contributed by atoms with E-state index in [1.807, 2.05) is 30.3 Å². The third-order valence-electron chi connectivity index (χ3n) is 9.18. The van der Waals surface area contributed by atoms with Crippen LogP contribution in [0.4, 0.5) is 0 Å². The summed E-state index contributed by atoms with van der Waals surface area (Å²) in [6, 6.07) is 14.0. The monoisotopic (exact) mass is 589 g/mol. The Kier molecular flexibility index (Phi) is 9.34. The number of amides is 4. The number of hydrogen-bond donors (Lipinski definition) is 6. The Bertz CT molecular complexity index is 1280. The maximum Gasteiger partial charge on any atom is 0.243 e. The molecule has 2 aromatic carbocycles. The minimum Gasteiger partial charge on any atom is -0.508 e. The number of nitrogens with two attached hydrogens (primary N) is 1. The van der Waals surface area contributed by atoms with E-state index in [9.17, 15) is 24.3 Å². The molecule has 4 aliphatic carbocycles. The van der Waals surface area contributed by atoms with Gasteiger partial charge in [0.05, 0.1) is 6.04 Å². The summed E-state index contributed by atoms with van der Waals surface area (Å²) in [5.41, 5.74) is 7.54. The highest BCUT2D eigenvalue weighted by Gasteiger charge is 2.51. The minimum atomic E-state index is -0.923. The van der Waals surface area contributed by atoms with Crippen molar-refractivity contribution in [3.63, 3.8) is 0 Å². The number of benzene rings is 2. The molecule has 6 rings (SSSR count). The quantitative estimate of drug-likeness (QED) is 0.164. The number of aromatic hydroxyl groups is 1. The number of rotatable bonds is 12. The van der Waals surface area contributed by atoms with Gasteiger partial charge in [0.1, 0.15) is 24.4 Å². The highest BCUT2D eigenvalue weighted by atomic mass is 16.3. The average molecular weight is 590 g/mol. The first kappa shape index (κ1) is 30.5. The summed E-state index contributed by atoms with van der Waals surface area (Å²) in [5, 5.41) is 20.9. The van der Waals surface area contributed by atoms with Crippen molar-refractivity contribution in [3.05, 3.63) is 65.7 Å². The molecule has 3 atom stereocenters. The average Bonchev–Trinajstić information content (AvgIpc) is 2.93. The van der Waals surface area contributed by atoms with Gasteiger partial charge in [0.2, 0.25) is 23.6 Å². The second-order valence-corrected chi connectivity index (χ2v) is 12.9. The van der Waals surface area contributed by atoms with Crippen LogP contribution in [-0.2, 0) is 32.0 Å². The van der Waals surface area contributed by atoms with Crippen molar-refractivity contribution in [1.82, 2.24) is 21.3 Å². The Morgan fingerprint density at radius 1 is 0.791 bits per heavy atom. The van der Waals surface area contributed by atoms with Crippen LogP contribution in [0.15, 0.2) is 54.6 Å². The van der Waals surface area contributed by atoms with Crippen molar-refractivity contribution in [2.45, 2.75) is 88.5 Å². The molecular formula is C33H43N5O5. The summed E-state index contributed by atoms with van der Waals surface area (Å²) in [4.78, 5) is 51.8. The number of nitrogens with one attached hydrogen (secondary N) is 4. The van der Waals surface area contributed by atoms with Gasteiger partial charge in [0.25, 0.3) is 0 Å². The van der Waals surface area contributed by atoms with E-state index in [2.05, 4.69) is 21.3 Å². The predicted octanol–water partition coefficient (Wildman–Crippen LogP) is 2.04. The lowest BCUT2D eigenvalue weighted by Crippen LogP contribution is -2.60. The second-order valence-electron chi connectivity index (χ2n) is 12.9. The lowest BCUT2D eigenvalue weighted by atomic mass is 9.53. The molecule has 10 nitrogen and oxygen atoms in total. The van der Waals surface area contributed by atoms with Gasteiger partial charge in [-0.2, -0.15) is 0 Å². The van der Waals surface area contributed by atoms with Crippen LogP contribution >= 0.6 is 0 Å². The van der Waals surface area contributed by atoms with E-state index in [1.54, 1.807) is 19.1 Å². The van der Waals surface area contributed by atoms with Crippen molar-refractivity contribution in [2.75, 3.05) is 0 Å². The summed E-state index contributed by atoms with van der Waals surface area (Å²) in [6.45, 7) is 1.54. The van der Waals surface area contributed by atoms with Crippen molar-refractivity contribution >= 4 is 23.6 Å². The van der Waals surface area contributed by atoms with Gasteiger partial charge in [-0.25, -0.2) is 0 Å². The molecular weight excluding hydrogens is 546 g/mol. The molecule has 0 spiro atoms. The zero-order valence-corrected chi connectivity index (χ0v) is 24.7. The molecule has 2 aromatic rings. The van der Waals surface area contributed by atoms with Crippen molar-refractivity contribution in [1.29, 1.82) is 0 Å². The Morgan fingerprint density at radius 2 is 1.37 bits per heavy atom. The summed E-state index contributed by atoms with van der Waals surface area (Å²) in [7, 11) is 0. The molecule has 10 heteroatoms. The van der Waals surface area contributed by atoms with Crippen LogP contribution in [0.3, 0.4) is 0 Å². The van der Waals surface area contributed by atoms with Crippen LogP contribution in [0.1, 0.15) is 63.0 Å². The fourth-order valence-electron chi connectivity index (χ4n) is 7.64. The molecule has 43 heavy (non-hydrogen) atoms.